The van der Waals surface area contributed by atoms with Crippen molar-refractivity contribution in [3.05, 3.63) is 0 Å². The van der Waals surface area contributed by atoms with Crippen molar-refractivity contribution in [2.75, 3.05) is 6.61 Å². The molecule has 0 spiro atoms. The molecule has 2 aliphatic rings. The van der Waals surface area contributed by atoms with Gasteiger partial charge in [0, 0.05) is 18.9 Å². The predicted molar refractivity (Wildman–Crippen MR) is 65.9 cm³/mol. The van der Waals surface area contributed by atoms with E-state index < -0.39 is 0 Å². The van der Waals surface area contributed by atoms with Gasteiger partial charge in [0.05, 0.1) is 17.3 Å². The SMILES string of the molecule is CC1(C)CC(C(=O)CC2CCCO2)C(C)(C)O1. The maximum Gasteiger partial charge on any atom is 0.141 e. The molecular weight excluding hydrogens is 216 g/mol. The van der Waals surface area contributed by atoms with Gasteiger partial charge < -0.3 is 9.47 Å². The van der Waals surface area contributed by atoms with Crippen LogP contribution in [0.4, 0.5) is 0 Å². The van der Waals surface area contributed by atoms with Crippen LogP contribution in [0.25, 0.3) is 0 Å². The third kappa shape index (κ3) is 2.89. The van der Waals surface area contributed by atoms with E-state index in [1.807, 2.05) is 13.8 Å². The second-order valence-corrected chi connectivity index (χ2v) is 6.53. The molecule has 2 saturated heterocycles. The Morgan fingerprint density at radius 2 is 2.00 bits per heavy atom. The summed E-state index contributed by atoms with van der Waals surface area (Å²) in [6.45, 7) is 9.00. The fourth-order valence-corrected chi connectivity index (χ4v) is 3.24. The first-order valence-electron chi connectivity index (χ1n) is 6.65. The zero-order chi connectivity index (χ0) is 12.7. The molecule has 0 saturated carbocycles. The minimum atomic E-state index is -0.334. The van der Waals surface area contributed by atoms with Crippen molar-refractivity contribution < 1.29 is 14.3 Å². The van der Waals surface area contributed by atoms with Crippen molar-refractivity contribution in [3.63, 3.8) is 0 Å². The van der Waals surface area contributed by atoms with Crippen LogP contribution < -0.4 is 0 Å². The van der Waals surface area contributed by atoms with Crippen LogP contribution in [0.15, 0.2) is 0 Å². The van der Waals surface area contributed by atoms with Gasteiger partial charge in [-0.25, -0.2) is 0 Å². The van der Waals surface area contributed by atoms with Crippen molar-refractivity contribution in [1.29, 1.82) is 0 Å². The molecule has 3 nitrogen and oxygen atoms in total. The van der Waals surface area contributed by atoms with E-state index in [4.69, 9.17) is 9.47 Å². The van der Waals surface area contributed by atoms with Crippen molar-refractivity contribution in [2.45, 2.75) is 70.7 Å². The second-order valence-electron chi connectivity index (χ2n) is 6.53. The van der Waals surface area contributed by atoms with E-state index in [1.165, 1.54) is 0 Å². The van der Waals surface area contributed by atoms with Crippen molar-refractivity contribution >= 4 is 5.78 Å². The Balaban J connectivity index is 1.99. The van der Waals surface area contributed by atoms with Crippen molar-refractivity contribution in [1.82, 2.24) is 0 Å². The third-order valence-electron chi connectivity index (χ3n) is 3.92. The summed E-state index contributed by atoms with van der Waals surface area (Å²) in [5.74, 6) is 0.328. The topological polar surface area (TPSA) is 35.5 Å². The highest BCUT2D eigenvalue weighted by molar-refractivity contribution is 5.83. The van der Waals surface area contributed by atoms with Crippen LogP contribution in [0.1, 0.15) is 53.4 Å². The molecule has 17 heavy (non-hydrogen) atoms. The summed E-state index contributed by atoms with van der Waals surface area (Å²) in [6, 6.07) is 0. The average molecular weight is 240 g/mol. The highest BCUT2D eigenvalue weighted by Gasteiger charge is 2.49. The Kier molecular flexibility index (Phi) is 3.34. The second kappa shape index (κ2) is 4.36. The Hall–Kier alpha value is -0.410. The van der Waals surface area contributed by atoms with Gasteiger partial charge in [-0.2, -0.15) is 0 Å². The maximum atomic E-state index is 12.3. The molecule has 2 fully saturated rings. The van der Waals surface area contributed by atoms with Gasteiger partial charge in [0.1, 0.15) is 5.78 Å². The smallest absolute Gasteiger partial charge is 0.141 e. The summed E-state index contributed by atoms with van der Waals surface area (Å²) < 4.78 is 11.5. The average Bonchev–Trinajstić information content (AvgIpc) is 2.71. The van der Waals surface area contributed by atoms with Crippen LogP contribution in [-0.2, 0) is 14.3 Å². The molecular formula is C14H24O3. The van der Waals surface area contributed by atoms with Gasteiger partial charge in [-0.05, 0) is 47.0 Å². The van der Waals surface area contributed by atoms with Gasteiger partial charge in [0.2, 0.25) is 0 Å². The number of hydrogen-bond acceptors (Lipinski definition) is 3. The third-order valence-corrected chi connectivity index (χ3v) is 3.92. The first-order valence-corrected chi connectivity index (χ1v) is 6.65. The molecule has 2 aliphatic heterocycles. The van der Waals surface area contributed by atoms with Gasteiger partial charge in [-0.1, -0.05) is 0 Å². The lowest BCUT2D eigenvalue weighted by atomic mass is 9.82. The van der Waals surface area contributed by atoms with Crippen LogP contribution in [0.2, 0.25) is 0 Å². The number of hydrogen-bond donors (Lipinski definition) is 0. The number of ether oxygens (including phenoxy) is 2. The normalized spacial score (nSPS) is 35.1. The fraction of sp³-hybridized carbons (Fsp3) is 0.929. The summed E-state index contributed by atoms with van der Waals surface area (Å²) in [4.78, 5) is 12.3. The molecule has 0 aliphatic carbocycles. The maximum absolute atomic E-state index is 12.3. The lowest BCUT2D eigenvalue weighted by molar-refractivity contribution is -0.131. The molecule has 0 amide bonds. The molecule has 2 heterocycles. The molecule has 98 valence electrons. The van der Waals surface area contributed by atoms with Gasteiger partial charge in [-0.15, -0.1) is 0 Å². The molecule has 2 unspecified atom stereocenters. The van der Waals surface area contributed by atoms with Gasteiger partial charge in [0.25, 0.3) is 0 Å². The number of ketones is 1. The predicted octanol–water partition coefficient (Wildman–Crippen LogP) is 2.72. The van der Waals surface area contributed by atoms with Crippen LogP contribution in [0.5, 0.6) is 0 Å². The standard InChI is InChI=1S/C14H24O3/c1-13(2)9-11(14(3,4)17-13)12(15)8-10-6-5-7-16-10/h10-11H,5-9H2,1-4H3. The number of rotatable bonds is 3. The zero-order valence-electron chi connectivity index (χ0n) is 11.4. The molecule has 2 atom stereocenters. The molecule has 2 rings (SSSR count). The van der Waals surface area contributed by atoms with Gasteiger partial charge >= 0.3 is 0 Å². The molecule has 0 aromatic heterocycles. The zero-order valence-corrected chi connectivity index (χ0v) is 11.4. The molecule has 0 radical (unpaired) electrons. The lowest BCUT2D eigenvalue weighted by Gasteiger charge is -2.27. The van der Waals surface area contributed by atoms with E-state index in [-0.39, 0.29) is 23.2 Å². The molecule has 0 N–H and O–H groups in total. The largest absolute Gasteiger partial charge is 0.378 e. The summed E-state index contributed by atoms with van der Waals surface area (Å²) in [7, 11) is 0. The first-order chi connectivity index (χ1) is 7.80. The summed E-state index contributed by atoms with van der Waals surface area (Å²) in [5, 5.41) is 0. The summed E-state index contributed by atoms with van der Waals surface area (Å²) in [6.07, 6.45) is 3.66. The van der Waals surface area contributed by atoms with E-state index in [9.17, 15) is 4.79 Å². The van der Waals surface area contributed by atoms with Crippen LogP contribution in [0, 0.1) is 5.92 Å². The highest BCUT2D eigenvalue weighted by atomic mass is 16.5. The van der Waals surface area contributed by atoms with E-state index in [0.29, 0.717) is 12.2 Å². The van der Waals surface area contributed by atoms with Gasteiger partial charge in [0.15, 0.2) is 0 Å². The highest BCUT2D eigenvalue weighted by Crippen LogP contribution is 2.43. The van der Waals surface area contributed by atoms with E-state index >= 15 is 0 Å². The Morgan fingerprint density at radius 1 is 1.29 bits per heavy atom. The monoisotopic (exact) mass is 240 g/mol. The molecule has 0 bridgehead atoms. The number of carbonyl (C=O) groups excluding carboxylic acids is 1. The van der Waals surface area contributed by atoms with E-state index in [0.717, 1.165) is 25.9 Å². The van der Waals surface area contributed by atoms with Crippen molar-refractivity contribution in [3.8, 4) is 0 Å². The van der Waals surface area contributed by atoms with Crippen molar-refractivity contribution in [2.24, 2.45) is 5.92 Å². The first kappa shape index (κ1) is 13.0. The Labute approximate surface area is 104 Å². The van der Waals surface area contributed by atoms with E-state index in [2.05, 4.69) is 13.8 Å². The molecule has 0 aromatic rings. The van der Waals surface area contributed by atoms with Crippen LogP contribution in [0.3, 0.4) is 0 Å². The van der Waals surface area contributed by atoms with Crippen LogP contribution in [-0.4, -0.2) is 29.7 Å². The number of carbonyl (C=O) groups is 1. The lowest BCUT2D eigenvalue weighted by Crippen LogP contribution is -2.35. The molecule has 3 heteroatoms. The fourth-order valence-electron chi connectivity index (χ4n) is 3.24. The van der Waals surface area contributed by atoms with Crippen LogP contribution >= 0.6 is 0 Å². The Bertz CT molecular complexity index is 301. The summed E-state index contributed by atoms with van der Waals surface area (Å²) in [5.41, 5.74) is -0.514. The minimum absolute atomic E-state index is 0.0155. The van der Waals surface area contributed by atoms with E-state index in [1.54, 1.807) is 0 Å². The number of Topliss-reactive ketones (excluding diaryl/α,β-unsaturated/α-hetero) is 1. The quantitative estimate of drug-likeness (QED) is 0.761. The molecule has 0 aromatic carbocycles. The minimum Gasteiger partial charge on any atom is -0.378 e. The van der Waals surface area contributed by atoms with Gasteiger partial charge in [-0.3, -0.25) is 4.79 Å². The summed E-state index contributed by atoms with van der Waals surface area (Å²) >= 11 is 0. The Morgan fingerprint density at radius 3 is 2.47 bits per heavy atom.